The first kappa shape index (κ1) is 15.0. The van der Waals surface area contributed by atoms with Gasteiger partial charge in [0.25, 0.3) is 0 Å². The zero-order chi connectivity index (χ0) is 14.8. The summed E-state index contributed by atoms with van der Waals surface area (Å²) in [5, 5.41) is 2.53. The monoisotopic (exact) mass is 270 g/mol. The number of likely N-dealkylation sites (N-methyl/N-ethyl adjacent to an activating group) is 1. The summed E-state index contributed by atoms with van der Waals surface area (Å²) >= 11 is 0. The van der Waals surface area contributed by atoms with E-state index in [4.69, 9.17) is 5.73 Å². The van der Waals surface area contributed by atoms with Gasteiger partial charge in [0.15, 0.2) is 0 Å². The minimum atomic E-state index is 0.0620. The summed E-state index contributed by atoms with van der Waals surface area (Å²) in [5.74, 6) is 0. The van der Waals surface area contributed by atoms with Gasteiger partial charge in [-0.3, -0.25) is 0 Å². The highest BCUT2D eigenvalue weighted by molar-refractivity contribution is 5.83. The van der Waals surface area contributed by atoms with Crippen LogP contribution in [0.15, 0.2) is 42.5 Å². The zero-order valence-corrected chi connectivity index (χ0v) is 13.1. The van der Waals surface area contributed by atoms with Gasteiger partial charge >= 0.3 is 0 Å². The summed E-state index contributed by atoms with van der Waals surface area (Å²) < 4.78 is 0. The first-order valence-electron chi connectivity index (χ1n) is 7.28. The number of fused-ring (bicyclic) bond motifs is 1. The second-order valence-electron chi connectivity index (χ2n) is 6.97. The molecule has 1 atom stereocenters. The molecule has 1 unspecified atom stereocenters. The molecule has 20 heavy (non-hydrogen) atoms. The number of hydrogen-bond acceptors (Lipinski definition) is 2. The molecular formula is C18H26N2. The fraction of sp³-hybridized carbons (Fsp3) is 0.444. The number of rotatable bonds is 4. The third-order valence-electron chi connectivity index (χ3n) is 3.45. The third-order valence-corrected chi connectivity index (χ3v) is 3.45. The standard InChI is InChI=1S/C18H26N2/c1-18(2,3)13-20(4)12-17(19)16-10-9-14-7-5-6-8-15(14)11-16/h5-11,17H,12-13,19H2,1-4H3. The van der Waals surface area contributed by atoms with E-state index in [9.17, 15) is 0 Å². The molecule has 2 aromatic carbocycles. The maximum Gasteiger partial charge on any atom is 0.0424 e. The molecule has 2 heteroatoms. The lowest BCUT2D eigenvalue weighted by molar-refractivity contribution is 0.217. The molecule has 0 radical (unpaired) electrons. The van der Waals surface area contributed by atoms with Gasteiger partial charge in [0, 0.05) is 19.1 Å². The van der Waals surface area contributed by atoms with Crippen molar-refractivity contribution in [2.24, 2.45) is 11.1 Å². The Morgan fingerprint density at radius 2 is 1.70 bits per heavy atom. The number of benzene rings is 2. The Kier molecular flexibility index (Phi) is 4.46. The maximum atomic E-state index is 6.36. The fourth-order valence-corrected chi connectivity index (χ4v) is 2.75. The van der Waals surface area contributed by atoms with Gasteiger partial charge in [0.2, 0.25) is 0 Å². The topological polar surface area (TPSA) is 29.3 Å². The highest BCUT2D eigenvalue weighted by Crippen LogP contribution is 2.21. The van der Waals surface area contributed by atoms with Gasteiger partial charge in [-0.1, -0.05) is 57.2 Å². The van der Waals surface area contributed by atoms with Gasteiger partial charge in [-0.15, -0.1) is 0 Å². The first-order valence-corrected chi connectivity index (χ1v) is 7.28. The van der Waals surface area contributed by atoms with Gasteiger partial charge in [-0.05, 0) is 34.9 Å². The Morgan fingerprint density at radius 3 is 2.35 bits per heavy atom. The van der Waals surface area contributed by atoms with E-state index in [1.54, 1.807) is 0 Å². The predicted molar refractivity (Wildman–Crippen MR) is 87.8 cm³/mol. The SMILES string of the molecule is CN(CC(N)c1ccc2ccccc2c1)CC(C)(C)C. The summed E-state index contributed by atoms with van der Waals surface area (Å²) in [4.78, 5) is 2.32. The number of hydrogen-bond donors (Lipinski definition) is 1. The van der Waals surface area contributed by atoms with Gasteiger partial charge < -0.3 is 10.6 Å². The molecule has 2 nitrogen and oxygen atoms in total. The van der Waals surface area contributed by atoms with Crippen LogP contribution in [0, 0.1) is 5.41 Å². The molecule has 0 saturated heterocycles. The quantitative estimate of drug-likeness (QED) is 0.915. The second kappa shape index (κ2) is 5.94. The van der Waals surface area contributed by atoms with E-state index in [0.717, 1.165) is 13.1 Å². The molecule has 108 valence electrons. The normalized spacial score (nSPS) is 13.9. The predicted octanol–water partition coefficient (Wildman–Crippen LogP) is 3.82. The molecule has 2 rings (SSSR count). The van der Waals surface area contributed by atoms with E-state index in [1.165, 1.54) is 16.3 Å². The van der Waals surface area contributed by atoms with Crippen LogP contribution in [0.2, 0.25) is 0 Å². The summed E-state index contributed by atoms with van der Waals surface area (Å²) in [7, 11) is 2.14. The Hall–Kier alpha value is -1.38. The van der Waals surface area contributed by atoms with Gasteiger partial charge in [-0.25, -0.2) is 0 Å². The summed E-state index contributed by atoms with van der Waals surface area (Å²) in [5.41, 5.74) is 7.88. The summed E-state index contributed by atoms with van der Waals surface area (Å²) in [6.45, 7) is 8.70. The molecule has 0 aromatic heterocycles. The smallest absolute Gasteiger partial charge is 0.0424 e. The van der Waals surface area contributed by atoms with Crippen LogP contribution < -0.4 is 5.73 Å². The Morgan fingerprint density at radius 1 is 1.05 bits per heavy atom. The summed E-state index contributed by atoms with van der Waals surface area (Å²) in [6.07, 6.45) is 0. The Bertz CT molecular complexity index is 569. The van der Waals surface area contributed by atoms with Crippen molar-refractivity contribution in [3.8, 4) is 0 Å². The van der Waals surface area contributed by atoms with Crippen molar-refractivity contribution in [2.75, 3.05) is 20.1 Å². The molecule has 2 aromatic rings. The van der Waals surface area contributed by atoms with E-state index in [0.29, 0.717) is 5.41 Å². The largest absolute Gasteiger partial charge is 0.323 e. The van der Waals surface area contributed by atoms with E-state index in [1.807, 2.05) is 0 Å². The molecule has 0 aliphatic rings. The lowest BCUT2D eigenvalue weighted by Crippen LogP contribution is -2.35. The molecule has 0 fully saturated rings. The van der Waals surface area contributed by atoms with Crippen LogP contribution in [-0.4, -0.2) is 25.0 Å². The summed E-state index contributed by atoms with van der Waals surface area (Å²) in [6, 6.07) is 15.0. The van der Waals surface area contributed by atoms with Crippen molar-refractivity contribution >= 4 is 10.8 Å². The van der Waals surface area contributed by atoms with E-state index < -0.39 is 0 Å². The zero-order valence-electron chi connectivity index (χ0n) is 13.1. The Labute approximate surface area is 122 Å². The lowest BCUT2D eigenvalue weighted by atomic mass is 9.95. The van der Waals surface area contributed by atoms with Crippen LogP contribution in [0.25, 0.3) is 10.8 Å². The third kappa shape index (κ3) is 4.06. The minimum Gasteiger partial charge on any atom is -0.323 e. The number of nitrogens with zero attached hydrogens (tertiary/aromatic N) is 1. The molecule has 0 saturated carbocycles. The van der Waals surface area contributed by atoms with Gasteiger partial charge in [0.1, 0.15) is 0 Å². The van der Waals surface area contributed by atoms with E-state index >= 15 is 0 Å². The van der Waals surface area contributed by atoms with E-state index in [-0.39, 0.29) is 6.04 Å². The fourth-order valence-electron chi connectivity index (χ4n) is 2.75. The van der Waals surface area contributed by atoms with Crippen LogP contribution in [-0.2, 0) is 0 Å². The minimum absolute atomic E-state index is 0.0620. The molecule has 0 aliphatic carbocycles. The first-order chi connectivity index (χ1) is 9.35. The van der Waals surface area contributed by atoms with Crippen LogP contribution in [0.5, 0.6) is 0 Å². The lowest BCUT2D eigenvalue weighted by Gasteiger charge is -2.28. The second-order valence-corrected chi connectivity index (χ2v) is 6.97. The highest BCUT2D eigenvalue weighted by atomic mass is 15.1. The molecule has 0 aliphatic heterocycles. The van der Waals surface area contributed by atoms with Crippen LogP contribution in [0.3, 0.4) is 0 Å². The molecule has 0 heterocycles. The number of nitrogens with two attached hydrogens (primary N) is 1. The maximum absolute atomic E-state index is 6.36. The molecule has 2 N–H and O–H groups in total. The molecular weight excluding hydrogens is 244 g/mol. The van der Waals surface area contributed by atoms with E-state index in [2.05, 4.69) is 75.2 Å². The van der Waals surface area contributed by atoms with Crippen molar-refractivity contribution in [2.45, 2.75) is 26.8 Å². The van der Waals surface area contributed by atoms with Crippen molar-refractivity contribution < 1.29 is 0 Å². The van der Waals surface area contributed by atoms with Gasteiger partial charge in [-0.2, -0.15) is 0 Å². The average molecular weight is 270 g/mol. The molecule has 0 bridgehead atoms. The van der Waals surface area contributed by atoms with Crippen LogP contribution in [0.4, 0.5) is 0 Å². The average Bonchev–Trinajstić information content (AvgIpc) is 2.35. The Balaban J connectivity index is 2.09. The molecule has 0 amide bonds. The van der Waals surface area contributed by atoms with Crippen molar-refractivity contribution in [3.63, 3.8) is 0 Å². The van der Waals surface area contributed by atoms with Crippen LogP contribution in [0.1, 0.15) is 32.4 Å². The highest BCUT2D eigenvalue weighted by Gasteiger charge is 2.16. The van der Waals surface area contributed by atoms with Crippen molar-refractivity contribution in [3.05, 3.63) is 48.0 Å². The molecule has 0 spiro atoms. The van der Waals surface area contributed by atoms with Gasteiger partial charge in [0.05, 0.1) is 0 Å². The van der Waals surface area contributed by atoms with Crippen molar-refractivity contribution in [1.29, 1.82) is 0 Å². The van der Waals surface area contributed by atoms with Crippen molar-refractivity contribution in [1.82, 2.24) is 4.90 Å². The van der Waals surface area contributed by atoms with Crippen LogP contribution >= 0.6 is 0 Å².